The van der Waals surface area contributed by atoms with E-state index >= 15 is 0 Å². The van der Waals surface area contributed by atoms with E-state index in [4.69, 9.17) is 0 Å². The molecule has 1 aliphatic rings. The normalized spacial score (nSPS) is 19.9. The number of carbonyl (C=O) groups excluding carboxylic acids is 2. The molecule has 1 aromatic carbocycles. The Balaban J connectivity index is 1.40. The first kappa shape index (κ1) is 20.5. The number of amides is 2. The molecule has 2 amide bonds. The smallest absolute Gasteiger partial charge is 0.251 e. The summed E-state index contributed by atoms with van der Waals surface area (Å²) in [4.78, 5) is 31.1. The van der Waals surface area contributed by atoms with Gasteiger partial charge in [-0.05, 0) is 30.4 Å². The number of benzene rings is 1. The molecule has 2 aromatic rings. The van der Waals surface area contributed by atoms with Crippen LogP contribution in [0.25, 0.3) is 0 Å². The second kappa shape index (κ2) is 9.80. The number of rotatable bonds is 7. The number of thiazole rings is 1. The molecular weight excluding hydrogens is 372 g/mol. The summed E-state index contributed by atoms with van der Waals surface area (Å²) in [6.45, 7) is 7.92. The fourth-order valence-electron chi connectivity index (χ4n) is 3.75. The van der Waals surface area contributed by atoms with Gasteiger partial charge < -0.3 is 10.6 Å². The van der Waals surface area contributed by atoms with Gasteiger partial charge in [-0.1, -0.05) is 32.0 Å². The number of likely N-dealkylation sites (tertiary alicyclic amines) is 1. The molecule has 2 atom stereocenters. The van der Waals surface area contributed by atoms with Gasteiger partial charge in [0.2, 0.25) is 5.91 Å². The van der Waals surface area contributed by atoms with Crippen molar-refractivity contribution in [2.45, 2.75) is 33.2 Å². The number of nitrogens with one attached hydrogen (secondary N) is 2. The molecule has 0 unspecified atom stereocenters. The summed E-state index contributed by atoms with van der Waals surface area (Å²) < 4.78 is 0. The van der Waals surface area contributed by atoms with Crippen molar-refractivity contribution in [3.8, 4) is 0 Å². The summed E-state index contributed by atoms with van der Waals surface area (Å²) in [7, 11) is 0. The summed E-state index contributed by atoms with van der Waals surface area (Å²) in [6.07, 6.45) is 1.50. The molecular formula is C21H28N4O2S. The van der Waals surface area contributed by atoms with E-state index in [-0.39, 0.29) is 18.2 Å². The van der Waals surface area contributed by atoms with Gasteiger partial charge in [-0.3, -0.25) is 14.5 Å². The molecule has 28 heavy (non-hydrogen) atoms. The fraction of sp³-hybridized carbons (Fsp3) is 0.476. The predicted molar refractivity (Wildman–Crippen MR) is 112 cm³/mol. The van der Waals surface area contributed by atoms with Gasteiger partial charge in [0.05, 0.1) is 5.69 Å². The van der Waals surface area contributed by atoms with Crippen LogP contribution in [0.3, 0.4) is 0 Å². The van der Waals surface area contributed by atoms with Gasteiger partial charge in [-0.2, -0.15) is 0 Å². The van der Waals surface area contributed by atoms with Crippen LogP contribution in [0.1, 0.15) is 42.7 Å². The van der Waals surface area contributed by atoms with E-state index in [0.717, 1.165) is 25.3 Å². The maximum atomic E-state index is 12.1. The highest BCUT2D eigenvalue weighted by Crippen LogP contribution is 2.24. The maximum Gasteiger partial charge on any atom is 0.251 e. The molecule has 150 valence electrons. The SMILES string of the molecule is C[C@H]1C[C@H](C)CN(Cc2csc(NC(=O)CCNC(=O)c3ccccc3)n2)C1. The zero-order valence-corrected chi connectivity index (χ0v) is 17.3. The number of piperidine rings is 1. The largest absolute Gasteiger partial charge is 0.352 e. The lowest BCUT2D eigenvalue weighted by Crippen LogP contribution is -2.38. The van der Waals surface area contributed by atoms with Crippen molar-refractivity contribution in [2.24, 2.45) is 11.8 Å². The first-order valence-electron chi connectivity index (χ1n) is 9.79. The molecule has 1 fully saturated rings. The van der Waals surface area contributed by atoms with E-state index in [1.165, 1.54) is 17.8 Å². The molecule has 2 heterocycles. The molecule has 0 bridgehead atoms. The third-order valence-electron chi connectivity index (χ3n) is 4.80. The number of hydrogen-bond acceptors (Lipinski definition) is 5. The van der Waals surface area contributed by atoms with Crippen molar-refractivity contribution in [3.63, 3.8) is 0 Å². The van der Waals surface area contributed by atoms with Crippen molar-refractivity contribution >= 4 is 28.3 Å². The average molecular weight is 401 g/mol. The molecule has 6 nitrogen and oxygen atoms in total. The van der Waals surface area contributed by atoms with Crippen LogP contribution in [-0.2, 0) is 11.3 Å². The van der Waals surface area contributed by atoms with Crippen LogP contribution in [0.15, 0.2) is 35.7 Å². The van der Waals surface area contributed by atoms with Gasteiger partial charge >= 0.3 is 0 Å². The Labute approximate surface area is 170 Å². The Hall–Kier alpha value is -2.25. The third-order valence-corrected chi connectivity index (χ3v) is 5.61. The van der Waals surface area contributed by atoms with Crippen molar-refractivity contribution < 1.29 is 9.59 Å². The first-order valence-corrected chi connectivity index (χ1v) is 10.7. The first-order chi connectivity index (χ1) is 13.5. The van der Waals surface area contributed by atoms with E-state index in [0.29, 0.717) is 29.1 Å². The zero-order valence-electron chi connectivity index (χ0n) is 16.5. The van der Waals surface area contributed by atoms with E-state index in [9.17, 15) is 9.59 Å². The number of aromatic nitrogens is 1. The van der Waals surface area contributed by atoms with Gasteiger partial charge in [0.1, 0.15) is 0 Å². The van der Waals surface area contributed by atoms with E-state index in [1.54, 1.807) is 12.1 Å². The number of nitrogens with zero attached hydrogens (tertiary/aromatic N) is 2. The van der Waals surface area contributed by atoms with Gasteiger partial charge in [0, 0.05) is 43.5 Å². The summed E-state index contributed by atoms with van der Waals surface area (Å²) in [6, 6.07) is 8.98. The lowest BCUT2D eigenvalue weighted by molar-refractivity contribution is -0.116. The maximum absolute atomic E-state index is 12.1. The molecule has 7 heteroatoms. The van der Waals surface area contributed by atoms with Crippen LogP contribution in [0.2, 0.25) is 0 Å². The van der Waals surface area contributed by atoms with E-state index in [1.807, 2.05) is 23.6 Å². The Morgan fingerprint density at radius 3 is 2.61 bits per heavy atom. The van der Waals surface area contributed by atoms with Crippen molar-refractivity contribution in [1.82, 2.24) is 15.2 Å². The van der Waals surface area contributed by atoms with Crippen LogP contribution in [0.4, 0.5) is 5.13 Å². The zero-order chi connectivity index (χ0) is 19.9. The monoisotopic (exact) mass is 400 g/mol. The molecule has 3 rings (SSSR count). The van der Waals surface area contributed by atoms with Crippen molar-refractivity contribution in [2.75, 3.05) is 25.0 Å². The predicted octanol–water partition coefficient (Wildman–Crippen LogP) is 3.38. The Kier molecular flexibility index (Phi) is 7.17. The fourth-order valence-corrected chi connectivity index (χ4v) is 4.47. The topological polar surface area (TPSA) is 74.3 Å². The standard InChI is InChI=1S/C21H28N4O2S/c1-15-10-16(2)12-25(11-15)13-18-14-28-21(23-18)24-19(26)8-9-22-20(27)17-6-4-3-5-7-17/h3-7,14-16H,8-13H2,1-2H3,(H,22,27)(H,23,24,26)/t15-,16-/m0/s1. The molecule has 0 aliphatic carbocycles. The molecule has 1 aliphatic heterocycles. The molecule has 0 saturated carbocycles. The van der Waals surface area contributed by atoms with Gasteiger partial charge in [-0.25, -0.2) is 4.98 Å². The highest BCUT2D eigenvalue weighted by Gasteiger charge is 2.22. The number of hydrogen-bond donors (Lipinski definition) is 2. The van der Waals surface area contributed by atoms with Crippen molar-refractivity contribution in [1.29, 1.82) is 0 Å². The van der Waals surface area contributed by atoms with Crippen LogP contribution in [0.5, 0.6) is 0 Å². The van der Waals surface area contributed by atoms with Crippen molar-refractivity contribution in [3.05, 3.63) is 47.0 Å². The lowest BCUT2D eigenvalue weighted by Gasteiger charge is -2.34. The highest BCUT2D eigenvalue weighted by atomic mass is 32.1. The minimum absolute atomic E-state index is 0.144. The Morgan fingerprint density at radius 1 is 1.18 bits per heavy atom. The Bertz CT molecular complexity index is 783. The molecule has 2 N–H and O–H groups in total. The quantitative estimate of drug-likeness (QED) is 0.747. The third kappa shape index (κ3) is 6.14. The van der Waals surface area contributed by atoms with Crippen LogP contribution >= 0.6 is 11.3 Å². The molecule has 0 spiro atoms. The van der Waals surface area contributed by atoms with Crippen LogP contribution in [0, 0.1) is 11.8 Å². The average Bonchev–Trinajstić information content (AvgIpc) is 3.08. The second-order valence-corrected chi connectivity index (χ2v) is 8.56. The molecule has 1 saturated heterocycles. The highest BCUT2D eigenvalue weighted by molar-refractivity contribution is 7.13. The summed E-state index contributed by atoms with van der Waals surface area (Å²) in [5.41, 5.74) is 1.59. The second-order valence-electron chi connectivity index (χ2n) is 7.70. The Morgan fingerprint density at radius 2 is 1.89 bits per heavy atom. The summed E-state index contributed by atoms with van der Waals surface area (Å²) in [5, 5.41) is 8.22. The van der Waals surface area contributed by atoms with Crippen LogP contribution < -0.4 is 10.6 Å². The summed E-state index contributed by atoms with van der Waals surface area (Å²) >= 11 is 1.45. The minimum Gasteiger partial charge on any atom is -0.352 e. The van der Waals surface area contributed by atoms with Gasteiger partial charge in [0.25, 0.3) is 5.91 Å². The minimum atomic E-state index is -0.171. The molecule has 1 aromatic heterocycles. The van der Waals surface area contributed by atoms with Crippen LogP contribution in [-0.4, -0.2) is 41.3 Å². The van der Waals surface area contributed by atoms with Gasteiger partial charge in [-0.15, -0.1) is 11.3 Å². The van der Waals surface area contributed by atoms with Gasteiger partial charge in [0.15, 0.2) is 5.13 Å². The number of anilines is 1. The van der Waals surface area contributed by atoms with E-state index in [2.05, 4.69) is 34.4 Å². The lowest BCUT2D eigenvalue weighted by atomic mass is 9.92. The summed E-state index contributed by atoms with van der Waals surface area (Å²) in [5.74, 6) is 1.12. The van der Waals surface area contributed by atoms with E-state index < -0.39 is 0 Å². The molecule has 0 radical (unpaired) electrons. The number of carbonyl (C=O) groups is 2.